The van der Waals surface area contributed by atoms with Crippen LogP contribution in [0.3, 0.4) is 0 Å². The van der Waals surface area contributed by atoms with Crippen LogP contribution in [0, 0.1) is 19.3 Å². The Hall–Kier alpha value is -0.570. The smallest absolute Gasteiger partial charge is 0.352 e. The molecule has 2 nitrogen and oxygen atoms in total. The molecular weight excluding hydrogens is 351 g/mol. The summed E-state index contributed by atoms with van der Waals surface area (Å²) in [5.41, 5.74) is 0. The average molecular weight is 371 g/mol. The zero-order valence-electron chi connectivity index (χ0n) is 11.3. The lowest BCUT2D eigenvalue weighted by molar-refractivity contribution is -0.535. The standard InChI is InChI=1S/C16H20IO2/c1-14-8-7-13-19-16(14)18-12-6-5-11-17-15-9-3-2-4-10-15/h2-4,9-10,14,16H,6-8,12-13H2,1H3/q+1/t14-,16-/m0/s1. The fraction of sp³-hybridized carbons (Fsp3) is 0.500. The molecular formula is C16H20IO2+. The maximum atomic E-state index is 5.73. The molecule has 1 aliphatic rings. The zero-order valence-corrected chi connectivity index (χ0v) is 13.4. The lowest BCUT2D eigenvalue weighted by atomic mass is 10.0. The van der Waals surface area contributed by atoms with Crippen molar-refractivity contribution in [1.29, 1.82) is 0 Å². The van der Waals surface area contributed by atoms with Gasteiger partial charge in [-0.2, -0.15) is 0 Å². The normalized spacial score (nSPS) is 22.6. The van der Waals surface area contributed by atoms with E-state index in [-0.39, 0.29) is 27.5 Å². The van der Waals surface area contributed by atoms with Crippen molar-refractivity contribution in [3.05, 3.63) is 33.9 Å². The molecule has 0 spiro atoms. The summed E-state index contributed by atoms with van der Waals surface area (Å²) in [6.45, 7) is 3.71. The second kappa shape index (κ2) is 8.57. The van der Waals surface area contributed by atoms with Gasteiger partial charge in [0.05, 0.1) is 6.61 Å². The predicted molar refractivity (Wildman–Crippen MR) is 71.6 cm³/mol. The summed E-state index contributed by atoms with van der Waals surface area (Å²) in [5.74, 6) is 3.72. The summed E-state index contributed by atoms with van der Waals surface area (Å²) in [7, 11) is 0. The molecule has 1 saturated heterocycles. The van der Waals surface area contributed by atoms with Gasteiger partial charge < -0.3 is 9.47 Å². The molecule has 1 aromatic carbocycles. The molecule has 1 fully saturated rings. The molecule has 1 aliphatic heterocycles. The van der Waals surface area contributed by atoms with Gasteiger partial charge in [-0.1, -0.05) is 25.1 Å². The first-order valence-electron chi connectivity index (χ1n) is 6.76. The fourth-order valence-electron chi connectivity index (χ4n) is 1.96. The van der Waals surface area contributed by atoms with Crippen molar-refractivity contribution in [1.82, 2.24) is 0 Å². The van der Waals surface area contributed by atoms with E-state index in [1.54, 1.807) is 0 Å². The largest absolute Gasteiger partial charge is 0.419 e. The van der Waals surface area contributed by atoms with Gasteiger partial charge in [0, 0.05) is 18.9 Å². The predicted octanol–water partition coefficient (Wildman–Crippen LogP) is 0.0854. The van der Waals surface area contributed by atoms with Crippen molar-refractivity contribution in [2.75, 3.05) is 13.2 Å². The van der Waals surface area contributed by atoms with E-state index >= 15 is 0 Å². The van der Waals surface area contributed by atoms with E-state index in [1.165, 1.54) is 9.99 Å². The molecule has 2 rings (SSSR count). The number of benzene rings is 1. The van der Waals surface area contributed by atoms with Crippen LogP contribution in [0.1, 0.15) is 26.2 Å². The van der Waals surface area contributed by atoms with Gasteiger partial charge in [0.15, 0.2) is 10.2 Å². The SMILES string of the molecule is C[C@H]1CCCO[C@@H]1OCCC#C[I+]c1ccccc1. The van der Waals surface area contributed by atoms with E-state index in [0.717, 1.165) is 19.4 Å². The van der Waals surface area contributed by atoms with Gasteiger partial charge in [0.25, 0.3) is 0 Å². The van der Waals surface area contributed by atoms with Gasteiger partial charge in [-0.25, -0.2) is 0 Å². The number of hydrogen-bond donors (Lipinski definition) is 0. The minimum absolute atomic E-state index is 0.0145. The molecule has 0 aliphatic carbocycles. The Morgan fingerprint density at radius 2 is 2.21 bits per heavy atom. The van der Waals surface area contributed by atoms with Crippen LogP contribution in [0.5, 0.6) is 0 Å². The highest BCUT2D eigenvalue weighted by Gasteiger charge is 2.22. The number of rotatable bonds is 4. The molecule has 19 heavy (non-hydrogen) atoms. The summed E-state index contributed by atoms with van der Waals surface area (Å²) in [6, 6.07) is 10.5. The van der Waals surface area contributed by atoms with Crippen LogP contribution in [0.4, 0.5) is 0 Å². The number of hydrogen-bond acceptors (Lipinski definition) is 2. The van der Waals surface area contributed by atoms with E-state index < -0.39 is 0 Å². The third-order valence-corrected chi connectivity index (χ3v) is 5.01. The first-order valence-corrected chi connectivity index (χ1v) is 8.92. The van der Waals surface area contributed by atoms with E-state index in [2.05, 4.69) is 41.0 Å². The Balaban J connectivity index is 1.62. The average Bonchev–Trinajstić information content (AvgIpc) is 2.45. The fourth-order valence-corrected chi connectivity index (χ4v) is 3.50. The highest BCUT2D eigenvalue weighted by atomic mass is 127. The van der Waals surface area contributed by atoms with Crippen molar-refractivity contribution in [2.24, 2.45) is 5.92 Å². The molecule has 0 bridgehead atoms. The van der Waals surface area contributed by atoms with Crippen molar-refractivity contribution in [2.45, 2.75) is 32.5 Å². The highest BCUT2D eigenvalue weighted by molar-refractivity contribution is 5.00. The Bertz CT molecular complexity index is 421. The Kier molecular flexibility index (Phi) is 6.69. The monoisotopic (exact) mass is 371 g/mol. The minimum Gasteiger partial charge on any atom is -0.352 e. The van der Waals surface area contributed by atoms with Crippen LogP contribution >= 0.6 is 0 Å². The molecule has 0 radical (unpaired) electrons. The lowest BCUT2D eigenvalue weighted by Gasteiger charge is -2.28. The first kappa shape index (κ1) is 14.8. The molecule has 0 aromatic heterocycles. The van der Waals surface area contributed by atoms with Crippen molar-refractivity contribution >= 4 is 0 Å². The quantitative estimate of drug-likeness (QED) is 0.424. The second-order valence-corrected chi connectivity index (χ2v) is 6.97. The summed E-state index contributed by atoms with van der Waals surface area (Å²) in [5, 5.41) is 0. The molecule has 1 aromatic rings. The molecule has 0 unspecified atom stereocenters. The van der Waals surface area contributed by atoms with Crippen LogP contribution < -0.4 is 21.2 Å². The Morgan fingerprint density at radius 3 is 3.00 bits per heavy atom. The van der Waals surface area contributed by atoms with E-state index in [4.69, 9.17) is 9.47 Å². The summed E-state index contributed by atoms with van der Waals surface area (Å²) in [4.78, 5) is 0. The molecule has 0 amide bonds. The first-order chi connectivity index (χ1) is 9.36. The minimum atomic E-state index is -0.163. The van der Waals surface area contributed by atoms with E-state index in [0.29, 0.717) is 12.5 Å². The third kappa shape index (κ3) is 5.52. The Labute approximate surface area is 126 Å². The van der Waals surface area contributed by atoms with E-state index in [9.17, 15) is 0 Å². The second-order valence-electron chi connectivity index (χ2n) is 4.64. The summed E-state index contributed by atoms with van der Waals surface area (Å²) in [6.07, 6.45) is 3.15. The maximum Gasteiger partial charge on any atom is 0.419 e. The maximum absolute atomic E-state index is 5.73. The molecule has 1 heterocycles. The van der Waals surface area contributed by atoms with Crippen molar-refractivity contribution in [3.63, 3.8) is 0 Å². The van der Waals surface area contributed by atoms with Gasteiger partial charge >= 0.3 is 21.2 Å². The third-order valence-electron chi connectivity index (χ3n) is 3.02. The topological polar surface area (TPSA) is 18.5 Å². The molecule has 0 saturated carbocycles. The summed E-state index contributed by atoms with van der Waals surface area (Å²) >= 11 is -0.163. The van der Waals surface area contributed by atoms with Crippen molar-refractivity contribution in [3.8, 4) is 9.85 Å². The van der Waals surface area contributed by atoms with Crippen LogP contribution in [-0.2, 0) is 9.47 Å². The molecule has 0 N–H and O–H groups in total. The van der Waals surface area contributed by atoms with Crippen molar-refractivity contribution < 1.29 is 30.7 Å². The van der Waals surface area contributed by atoms with Crippen LogP contribution in [0.15, 0.2) is 30.3 Å². The van der Waals surface area contributed by atoms with Gasteiger partial charge in [0.1, 0.15) is 0 Å². The summed E-state index contributed by atoms with van der Waals surface area (Å²) < 4.78 is 16.0. The van der Waals surface area contributed by atoms with E-state index in [1.807, 2.05) is 6.07 Å². The molecule has 2 atom stereocenters. The van der Waals surface area contributed by atoms with Gasteiger partial charge in [-0.05, 0) is 30.9 Å². The molecule has 3 heteroatoms. The van der Waals surface area contributed by atoms with Crippen LogP contribution in [-0.4, -0.2) is 19.5 Å². The van der Waals surface area contributed by atoms with Gasteiger partial charge in [-0.15, -0.1) is 0 Å². The van der Waals surface area contributed by atoms with Gasteiger partial charge in [-0.3, -0.25) is 0 Å². The van der Waals surface area contributed by atoms with Crippen LogP contribution in [0.25, 0.3) is 0 Å². The molecule has 102 valence electrons. The Morgan fingerprint density at radius 1 is 1.37 bits per heavy atom. The highest BCUT2D eigenvalue weighted by Crippen LogP contribution is 2.20. The van der Waals surface area contributed by atoms with Gasteiger partial charge in [0.2, 0.25) is 3.57 Å². The number of ether oxygens (including phenoxy) is 2. The zero-order chi connectivity index (χ0) is 13.3. The van der Waals surface area contributed by atoms with Crippen LogP contribution in [0.2, 0.25) is 0 Å². The lowest BCUT2D eigenvalue weighted by Crippen LogP contribution is -3.59. The number of halogens is 1.